The highest BCUT2D eigenvalue weighted by molar-refractivity contribution is 5.92. The molecule has 2 aromatic rings. The summed E-state index contributed by atoms with van der Waals surface area (Å²) in [6, 6.07) is 5.24. The smallest absolute Gasteiger partial charge is 0.269 e. The second kappa shape index (κ2) is 5.44. The minimum absolute atomic E-state index is 0.176. The summed E-state index contributed by atoms with van der Waals surface area (Å²) in [6.07, 6.45) is 2.23. The highest BCUT2D eigenvalue weighted by Crippen LogP contribution is 2.09. The van der Waals surface area contributed by atoms with E-state index in [0.29, 0.717) is 24.6 Å². The maximum absolute atomic E-state index is 11.7. The molecule has 0 saturated carbocycles. The molecule has 1 amide bonds. The number of oxazole rings is 1. The Morgan fingerprint density at radius 2 is 2.22 bits per heavy atom. The Bertz CT molecular complexity index is 534. The van der Waals surface area contributed by atoms with E-state index < -0.39 is 0 Å². The summed E-state index contributed by atoms with van der Waals surface area (Å²) >= 11 is 0. The summed E-state index contributed by atoms with van der Waals surface area (Å²) in [4.78, 5) is 19.9. The Kier molecular flexibility index (Phi) is 3.72. The summed E-state index contributed by atoms with van der Waals surface area (Å²) in [5.41, 5.74) is 1.29. The molecule has 0 aliphatic rings. The topological polar surface area (TPSA) is 68.0 Å². The zero-order valence-corrected chi connectivity index (χ0v) is 10.4. The average molecular weight is 245 g/mol. The molecule has 5 heteroatoms. The third kappa shape index (κ3) is 2.94. The first-order chi connectivity index (χ1) is 8.66. The molecule has 18 heavy (non-hydrogen) atoms. The van der Waals surface area contributed by atoms with Gasteiger partial charge in [0.25, 0.3) is 5.91 Å². The fraction of sp³-hybridized carbons (Fsp3) is 0.308. The lowest BCUT2D eigenvalue weighted by molar-refractivity contribution is 0.0948. The van der Waals surface area contributed by atoms with E-state index in [9.17, 15) is 4.79 Å². The van der Waals surface area contributed by atoms with Gasteiger partial charge in [0.05, 0.1) is 5.69 Å². The summed E-state index contributed by atoms with van der Waals surface area (Å²) in [7, 11) is 0. The van der Waals surface area contributed by atoms with Crippen molar-refractivity contribution in [2.45, 2.75) is 20.3 Å². The molecule has 0 bridgehead atoms. The number of carbonyl (C=O) groups is 1. The number of hydrogen-bond donors (Lipinski definition) is 1. The lowest BCUT2D eigenvalue weighted by atomic mass is 10.2. The molecular formula is C13H15N3O2. The van der Waals surface area contributed by atoms with Gasteiger partial charge >= 0.3 is 0 Å². The number of hydrogen-bond acceptors (Lipinski definition) is 4. The Morgan fingerprint density at radius 3 is 2.83 bits per heavy atom. The fourth-order valence-electron chi connectivity index (χ4n) is 1.68. The molecule has 0 aliphatic heterocycles. The van der Waals surface area contributed by atoms with Gasteiger partial charge in [0.2, 0.25) is 0 Å². The zero-order chi connectivity index (χ0) is 13.0. The highest BCUT2D eigenvalue weighted by atomic mass is 16.4. The van der Waals surface area contributed by atoms with E-state index in [-0.39, 0.29) is 5.91 Å². The maximum atomic E-state index is 11.7. The number of aromatic nitrogens is 2. The average Bonchev–Trinajstić information content (AvgIpc) is 2.69. The summed E-state index contributed by atoms with van der Waals surface area (Å²) < 4.78 is 5.42. The summed E-state index contributed by atoms with van der Waals surface area (Å²) in [5, 5.41) is 2.79. The lowest BCUT2D eigenvalue weighted by Crippen LogP contribution is -2.26. The summed E-state index contributed by atoms with van der Waals surface area (Å²) in [6.45, 7) is 4.21. The molecule has 0 unspecified atom stereocenters. The summed E-state index contributed by atoms with van der Waals surface area (Å²) in [5.74, 6) is 1.29. The van der Waals surface area contributed by atoms with Gasteiger partial charge < -0.3 is 9.73 Å². The predicted octanol–water partition coefficient (Wildman–Crippen LogP) is 1.66. The van der Waals surface area contributed by atoms with Gasteiger partial charge in [0, 0.05) is 26.1 Å². The van der Waals surface area contributed by atoms with Crippen LogP contribution in [-0.4, -0.2) is 22.4 Å². The zero-order valence-electron chi connectivity index (χ0n) is 10.4. The number of nitrogens with zero attached hydrogens (tertiary/aromatic N) is 2. The van der Waals surface area contributed by atoms with E-state index in [1.54, 1.807) is 24.4 Å². The number of carbonyl (C=O) groups excluding carboxylic acids is 1. The second-order valence-electron chi connectivity index (χ2n) is 3.96. The Labute approximate surface area is 105 Å². The number of aryl methyl sites for hydroxylation is 2. The van der Waals surface area contributed by atoms with Crippen LogP contribution in [0, 0.1) is 13.8 Å². The molecule has 0 aliphatic carbocycles. The van der Waals surface area contributed by atoms with Crippen molar-refractivity contribution in [3.63, 3.8) is 0 Å². The van der Waals surface area contributed by atoms with Gasteiger partial charge in [-0.1, -0.05) is 6.07 Å². The largest absolute Gasteiger partial charge is 0.446 e. The van der Waals surface area contributed by atoms with E-state index in [1.165, 1.54) is 0 Å². The van der Waals surface area contributed by atoms with Crippen molar-refractivity contribution < 1.29 is 9.21 Å². The Balaban J connectivity index is 1.86. The highest BCUT2D eigenvalue weighted by Gasteiger charge is 2.08. The van der Waals surface area contributed by atoms with Crippen molar-refractivity contribution in [2.75, 3.05) is 6.54 Å². The lowest BCUT2D eigenvalue weighted by Gasteiger charge is -2.03. The SMILES string of the molecule is Cc1nc(C)c(CCNC(=O)c2ccccn2)o1. The van der Waals surface area contributed by atoms with Crippen molar-refractivity contribution in [3.05, 3.63) is 47.4 Å². The molecule has 2 heterocycles. The minimum Gasteiger partial charge on any atom is -0.446 e. The molecule has 1 N–H and O–H groups in total. The quantitative estimate of drug-likeness (QED) is 0.889. The van der Waals surface area contributed by atoms with E-state index in [1.807, 2.05) is 13.8 Å². The number of amides is 1. The molecule has 0 radical (unpaired) electrons. The van der Waals surface area contributed by atoms with Crippen LogP contribution < -0.4 is 5.32 Å². The van der Waals surface area contributed by atoms with Gasteiger partial charge in [0.15, 0.2) is 5.89 Å². The molecule has 0 fully saturated rings. The molecule has 94 valence electrons. The van der Waals surface area contributed by atoms with Crippen LogP contribution in [0.2, 0.25) is 0 Å². The van der Waals surface area contributed by atoms with Crippen LogP contribution in [0.15, 0.2) is 28.8 Å². The molecule has 0 aromatic carbocycles. The molecular weight excluding hydrogens is 230 g/mol. The van der Waals surface area contributed by atoms with Gasteiger partial charge in [-0.15, -0.1) is 0 Å². The van der Waals surface area contributed by atoms with Crippen LogP contribution in [0.25, 0.3) is 0 Å². The first-order valence-corrected chi connectivity index (χ1v) is 5.79. The van der Waals surface area contributed by atoms with Gasteiger partial charge in [-0.05, 0) is 19.1 Å². The number of rotatable bonds is 4. The van der Waals surface area contributed by atoms with Gasteiger partial charge in [-0.2, -0.15) is 0 Å². The fourth-order valence-corrected chi connectivity index (χ4v) is 1.68. The first kappa shape index (κ1) is 12.3. The van der Waals surface area contributed by atoms with E-state index >= 15 is 0 Å². The van der Waals surface area contributed by atoms with Crippen LogP contribution in [0.4, 0.5) is 0 Å². The van der Waals surface area contributed by atoms with Gasteiger partial charge in [-0.3, -0.25) is 9.78 Å². The molecule has 0 spiro atoms. The van der Waals surface area contributed by atoms with Crippen molar-refractivity contribution in [3.8, 4) is 0 Å². The third-order valence-electron chi connectivity index (χ3n) is 2.53. The third-order valence-corrected chi connectivity index (χ3v) is 2.53. The van der Waals surface area contributed by atoms with Crippen LogP contribution >= 0.6 is 0 Å². The molecule has 0 saturated heterocycles. The standard InChI is InChI=1S/C13H15N3O2/c1-9-12(18-10(2)16-9)6-8-15-13(17)11-5-3-4-7-14-11/h3-5,7H,6,8H2,1-2H3,(H,15,17). The van der Waals surface area contributed by atoms with Crippen molar-refractivity contribution >= 4 is 5.91 Å². The van der Waals surface area contributed by atoms with E-state index in [4.69, 9.17) is 4.42 Å². The molecule has 5 nitrogen and oxygen atoms in total. The monoisotopic (exact) mass is 245 g/mol. The first-order valence-electron chi connectivity index (χ1n) is 5.79. The maximum Gasteiger partial charge on any atom is 0.269 e. The van der Waals surface area contributed by atoms with E-state index in [0.717, 1.165) is 11.5 Å². The van der Waals surface area contributed by atoms with E-state index in [2.05, 4.69) is 15.3 Å². The predicted molar refractivity (Wildman–Crippen MR) is 66.3 cm³/mol. The molecule has 2 rings (SSSR count). The second-order valence-corrected chi connectivity index (χ2v) is 3.96. The van der Waals surface area contributed by atoms with Crippen molar-refractivity contribution in [1.29, 1.82) is 0 Å². The van der Waals surface area contributed by atoms with Crippen molar-refractivity contribution in [2.24, 2.45) is 0 Å². The molecule has 0 atom stereocenters. The number of pyridine rings is 1. The van der Waals surface area contributed by atoms with Gasteiger partial charge in [-0.25, -0.2) is 4.98 Å². The Morgan fingerprint density at radius 1 is 1.39 bits per heavy atom. The van der Waals surface area contributed by atoms with Crippen LogP contribution in [0.3, 0.4) is 0 Å². The van der Waals surface area contributed by atoms with Crippen LogP contribution in [0.1, 0.15) is 27.8 Å². The normalized spacial score (nSPS) is 10.3. The minimum atomic E-state index is -0.176. The van der Waals surface area contributed by atoms with Crippen molar-refractivity contribution in [1.82, 2.24) is 15.3 Å². The molecule has 2 aromatic heterocycles. The number of nitrogens with one attached hydrogen (secondary N) is 1. The van der Waals surface area contributed by atoms with Gasteiger partial charge in [0.1, 0.15) is 11.5 Å². The van der Waals surface area contributed by atoms with Crippen LogP contribution in [0.5, 0.6) is 0 Å². The Hall–Kier alpha value is -2.17. The van der Waals surface area contributed by atoms with Crippen LogP contribution in [-0.2, 0) is 6.42 Å².